The number of rotatable bonds is 5. The molecule has 16 heavy (non-hydrogen) atoms. The molecule has 0 aliphatic rings. The maximum Gasteiger partial charge on any atom is 0.180 e. The number of sulfone groups is 1. The molecule has 1 unspecified atom stereocenters. The third-order valence-corrected chi connectivity index (χ3v) is 4.24. The summed E-state index contributed by atoms with van der Waals surface area (Å²) >= 11 is 0. The molecule has 1 atom stereocenters. The van der Waals surface area contributed by atoms with E-state index in [4.69, 9.17) is 10.5 Å². The normalized spacial score (nSPS) is 13.7. The predicted octanol–water partition coefficient (Wildman–Crippen LogP) is 0.742. The van der Waals surface area contributed by atoms with E-state index in [1.54, 1.807) is 25.1 Å². The van der Waals surface area contributed by atoms with E-state index in [9.17, 15) is 8.42 Å². The Hall–Kier alpha value is -0.910. The van der Waals surface area contributed by atoms with Crippen LogP contribution < -0.4 is 5.73 Å². The molecule has 0 spiro atoms. The number of ether oxygens (including phenoxy) is 1. The number of nitrogens with two attached hydrogens (primary N) is 1. The minimum absolute atomic E-state index is 0.0916. The first-order valence-electron chi connectivity index (χ1n) is 5.00. The van der Waals surface area contributed by atoms with Gasteiger partial charge in [0, 0.05) is 13.2 Å². The van der Waals surface area contributed by atoms with Crippen molar-refractivity contribution < 1.29 is 13.2 Å². The van der Waals surface area contributed by atoms with E-state index in [2.05, 4.69) is 0 Å². The SMILES string of the molecule is COCC(N)CS(=O)(=O)c1ccccc1C. The Morgan fingerprint density at radius 3 is 2.56 bits per heavy atom. The first-order chi connectivity index (χ1) is 7.47. The minimum Gasteiger partial charge on any atom is -0.383 e. The van der Waals surface area contributed by atoms with Gasteiger partial charge >= 0.3 is 0 Å². The highest BCUT2D eigenvalue weighted by Gasteiger charge is 2.20. The van der Waals surface area contributed by atoms with Gasteiger partial charge < -0.3 is 10.5 Å². The molecule has 0 aromatic heterocycles. The lowest BCUT2D eigenvalue weighted by molar-refractivity contribution is 0.186. The second-order valence-corrected chi connectivity index (χ2v) is 5.76. The second kappa shape index (κ2) is 5.43. The zero-order valence-corrected chi connectivity index (χ0v) is 10.3. The van der Waals surface area contributed by atoms with Crippen LogP contribution >= 0.6 is 0 Å². The summed E-state index contributed by atoms with van der Waals surface area (Å²) in [7, 11) is -1.82. The molecule has 0 saturated carbocycles. The average Bonchev–Trinajstić information content (AvgIpc) is 2.17. The van der Waals surface area contributed by atoms with E-state index in [0.717, 1.165) is 5.56 Å². The number of hydrogen-bond acceptors (Lipinski definition) is 4. The van der Waals surface area contributed by atoms with Gasteiger partial charge in [-0.2, -0.15) is 0 Å². The van der Waals surface area contributed by atoms with Crippen LogP contribution in [0.15, 0.2) is 29.2 Å². The molecule has 1 aromatic rings. The highest BCUT2D eigenvalue weighted by atomic mass is 32.2. The van der Waals surface area contributed by atoms with Crippen molar-refractivity contribution in [3.8, 4) is 0 Å². The molecule has 4 nitrogen and oxygen atoms in total. The van der Waals surface area contributed by atoms with Crippen molar-refractivity contribution in [1.82, 2.24) is 0 Å². The molecular formula is C11H17NO3S. The lowest BCUT2D eigenvalue weighted by Crippen LogP contribution is -2.33. The van der Waals surface area contributed by atoms with Crippen molar-refractivity contribution in [3.05, 3.63) is 29.8 Å². The molecule has 90 valence electrons. The van der Waals surface area contributed by atoms with E-state index < -0.39 is 15.9 Å². The summed E-state index contributed by atoms with van der Waals surface area (Å²) in [4.78, 5) is 0.349. The van der Waals surface area contributed by atoms with Crippen molar-refractivity contribution >= 4 is 9.84 Å². The molecule has 0 aliphatic carbocycles. The summed E-state index contributed by atoms with van der Waals surface area (Å²) < 4.78 is 28.8. The van der Waals surface area contributed by atoms with Crippen LogP contribution in [-0.4, -0.2) is 33.9 Å². The first-order valence-corrected chi connectivity index (χ1v) is 6.65. The van der Waals surface area contributed by atoms with Crippen molar-refractivity contribution in [2.24, 2.45) is 5.73 Å². The lowest BCUT2D eigenvalue weighted by atomic mass is 10.2. The van der Waals surface area contributed by atoms with Gasteiger partial charge in [0.25, 0.3) is 0 Å². The minimum atomic E-state index is -3.32. The van der Waals surface area contributed by atoms with Gasteiger partial charge in [-0.3, -0.25) is 0 Å². The molecule has 1 rings (SSSR count). The van der Waals surface area contributed by atoms with Crippen LogP contribution in [0.1, 0.15) is 5.56 Å². The molecule has 0 fully saturated rings. The maximum atomic E-state index is 12.0. The van der Waals surface area contributed by atoms with Crippen molar-refractivity contribution in [2.75, 3.05) is 19.5 Å². The Kier molecular flexibility index (Phi) is 4.46. The molecule has 0 heterocycles. The first kappa shape index (κ1) is 13.2. The number of benzene rings is 1. The molecule has 0 amide bonds. The Bertz CT molecular complexity index is 442. The van der Waals surface area contributed by atoms with Crippen LogP contribution in [0.4, 0.5) is 0 Å². The molecule has 0 saturated heterocycles. The maximum absolute atomic E-state index is 12.0. The summed E-state index contributed by atoms with van der Waals surface area (Å²) in [5, 5.41) is 0. The Labute approximate surface area is 96.3 Å². The highest BCUT2D eigenvalue weighted by molar-refractivity contribution is 7.91. The van der Waals surface area contributed by atoms with Gasteiger partial charge in [-0.05, 0) is 18.6 Å². The largest absolute Gasteiger partial charge is 0.383 e. The van der Waals surface area contributed by atoms with E-state index in [0.29, 0.717) is 4.90 Å². The van der Waals surface area contributed by atoms with Gasteiger partial charge in [-0.15, -0.1) is 0 Å². The lowest BCUT2D eigenvalue weighted by Gasteiger charge is -2.12. The van der Waals surface area contributed by atoms with Crippen LogP contribution in [0.5, 0.6) is 0 Å². The van der Waals surface area contributed by atoms with E-state index in [1.807, 2.05) is 6.07 Å². The standard InChI is InChI=1S/C11H17NO3S/c1-9-5-3-4-6-11(9)16(13,14)8-10(12)7-15-2/h3-6,10H,7-8,12H2,1-2H3. The van der Waals surface area contributed by atoms with Crippen LogP contribution in [0, 0.1) is 6.92 Å². The quantitative estimate of drug-likeness (QED) is 0.828. The third kappa shape index (κ3) is 3.30. The highest BCUT2D eigenvalue weighted by Crippen LogP contribution is 2.16. The number of aryl methyl sites for hydroxylation is 1. The van der Waals surface area contributed by atoms with E-state index >= 15 is 0 Å². The van der Waals surface area contributed by atoms with Crippen LogP contribution in [0.3, 0.4) is 0 Å². The monoisotopic (exact) mass is 243 g/mol. The molecular weight excluding hydrogens is 226 g/mol. The summed E-state index contributed by atoms with van der Waals surface area (Å²) in [5.74, 6) is -0.0916. The molecule has 0 radical (unpaired) electrons. The van der Waals surface area contributed by atoms with Gasteiger partial charge in [0.2, 0.25) is 0 Å². The van der Waals surface area contributed by atoms with Gasteiger partial charge in [0.05, 0.1) is 17.3 Å². The summed E-state index contributed by atoms with van der Waals surface area (Å²) in [6.45, 7) is 2.01. The van der Waals surface area contributed by atoms with Crippen molar-refractivity contribution in [3.63, 3.8) is 0 Å². The fourth-order valence-electron chi connectivity index (χ4n) is 1.54. The second-order valence-electron chi connectivity index (χ2n) is 3.76. The smallest absolute Gasteiger partial charge is 0.180 e. The summed E-state index contributed by atoms with van der Waals surface area (Å²) in [6.07, 6.45) is 0. The van der Waals surface area contributed by atoms with Crippen LogP contribution in [-0.2, 0) is 14.6 Å². The van der Waals surface area contributed by atoms with Crippen LogP contribution in [0.25, 0.3) is 0 Å². The third-order valence-electron chi connectivity index (χ3n) is 2.24. The topological polar surface area (TPSA) is 69.4 Å². The predicted molar refractivity (Wildman–Crippen MR) is 63.1 cm³/mol. The molecule has 5 heteroatoms. The van der Waals surface area contributed by atoms with E-state index in [1.165, 1.54) is 7.11 Å². The van der Waals surface area contributed by atoms with Crippen molar-refractivity contribution in [1.29, 1.82) is 0 Å². The fraction of sp³-hybridized carbons (Fsp3) is 0.455. The zero-order valence-electron chi connectivity index (χ0n) is 9.51. The van der Waals surface area contributed by atoms with Gasteiger partial charge in [-0.25, -0.2) is 8.42 Å². The van der Waals surface area contributed by atoms with Crippen LogP contribution in [0.2, 0.25) is 0 Å². The van der Waals surface area contributed by atoms with Gasteiger partial charge in [0.1, 0.15) is 0 Å². The van der Waals surface area contributed by atoms with Crippen molar-refractivity contribution in [2.45, 2.75) is 17.9 Å². The molecule has 2 N–H and O–H groups in total. The van der Waals surface area contributed by atoms with E-state index in [-0.39, 0.29) is 12.4 Å². The molecule has 0 bridgehead atoms. The summed E-state index contributed by atoms with van der Waals surface area (Å²) in [5.41, 5.74) is 6.40. The Morgan fingerprint density at radius 1 is 1.38 bits per heavy atom. The molecule has 0 aliphatic heterocycles. The fourth-order valence-corrected chi connectivity index (χ4v) is 3.22. The number of methoxy groups -OCH3 is 1. The average molecular weight is 243 g/mol. The number of hydrogen-bond donors (Lipinski definition) is 1. The molecule has 1 aromatic carbocycles. The Balaban J connectivity index is 2.91. The summed E-state index contributed by atoms with van der Waals surface area (Å²) in [6, 6.07) is 6.40. The zero-order chi connectivity index (χ0) is 12.2. The van der Waals surface area contributed by atoms with Gasteiger partial charge in [0.15, 0.2) is 9.84 Å². The Morgan fingerprint density at radius 2 is 2.00 bits per heavy atom. The van der Waals surface area contributed by atoms with Gasteiger partial charge in [-0.1, -0.05) is 18.2 Å².